The molecular formula is C28H43N3O6S. The van der Waals surface area contributed by atoms with Crippen LogP contribution in [0.15, 0.2) is 25.3 Å². The minimum absolute atomic E-state index is 0.0740. The van der Waals surface area contributed by atoms with Gasteiger partial charge in [-0.3, -0.25) is 19.3 Å². The minimum Gasteiger partial charge on any atom is -0.465 e. The second-order valence-electron chi connectivity index (χ2n) is 11.0. The second kappa shape index (κ2) is 12.5. The number of rotatable bonds is 14. The molecule has 10 heteroatoms. The van der Waals surface area contributed by atoms with Crippen molar-refractivity contribution in [2.45, 2.75) is 54.6 Å². The number of hydrogen-bond donors (Lipinski definition) is 1. The molecule has 1 spiro atoms. The van der Waals surface area contributed by atoms with Crippen LogP contribution >= 0.6 is 11.8 Å². The van der Waals surface area contributed by atoms with Crippen LogP contribution in [0.4, 0.5) is 0 Å². The lowest BCUT2D eigenvalue weighted by Gasteiger charge is -2.38. The Balaban J connectivity index is 1.60. The molecule has 1 N–H and O–H groups in total. The number of thioether (sulfide) groups is 1. The van der Waals surface area contributed by atoms with Crippen molar-refractivity contribution in [2.24, 2.45) is 11.8 Å². The number of unbranched alkanes of at least 4 members (excludes halogenated alkanes) is 1. The molecule has 38 heavy (non-hydrogen) atoms. The maximum Gasteiger partial charge on any atom is 0.311 e. The van der Waals surface area contributed by atoms with Gasteiger partial charge < -0.3 is 24.4 Å². The molecule has 0 aliphatic carbocycles. The maximum absolute atomic E-state index is 14.3. The molecule has 0 radical (unpaired) electrons. The van der Waals surface area contributed by atoms with Crippen molar-refractivity contribution in [1.29, 1.82) is 0 Å². The topological polar surface area (TPSA) is 99.6 Å². The van der Waals surface area contributed by atoms with Gasteiger partial charge in [-0.2, -0.15) is 0 Å². The third-order valence-corrected chi connectivity index (χ3v) is 10.6. The number of ether oxygens (including phenoxy) is 2. The van der Waals surface area contributed by atoms with Gasteiger partial charge in [0.05, 0.1) is 36.4 Å². The van der Waals surface area contributed by atoms with Gasteiger partial charge in [-0.25, -0.2) is 0 Å². The second-order valence-corrected chi connectivity index (χ2v) is 12.9. The average molecular weight is 550 g/mol. The molecule has 0 aromatic heterocycles. The van der Waals surface area contributed by atoms with Crippen molar-refractivity contribution < 1.29 is 29.0 Å². The molecule has 4 fully saturated rings. The van der Waals surface area contributed by atoms with Crippen molar-refractivity contribution in [3.8, 4) is 0 Å². The lowest BCUT2D eigenvalue weighted by atomic mass is 9.66. The van der Waals surface area contributed by atoms with Gasteiger partial charge in [0.2, 0.25) is 11.8 Å². The summed E-state index contributed by atoms with van der Waals surface area (Å²) in [4.78, 5) is 47.5. The zero-order chi connectivity index (χ0) is 27.3. The van der Waals surface area contributed by atoms with E-state index in [-0.39, 0.29) is 30.9 Å². The molecule has 4 rings (SSSR count). The summed E-state index contributed by atoms with van der Waals surface area (Å²) >= 11 is 1.65. The Bertz CT molecular complexity index is 911. The first-order valence-electron chi connectivity index (χ1n) is 13.9. The van der Waals surface area contributed by atoms with E-state index in [1.165, 1.54) is 0 Å². The van der Waals surface area contributed by atoms with E-state index in [4.69, 9.17) is 9.47 Å². The lowest BCUT2D eigenvalue weighted by molar-refractivity contribution is -0.155. The Labute approximate surface area is 230 Å². The number of allylic oxidation sites excluding steroid dienone is 1. The van der Waals surface area contributed by atoms with E-state index in [9.17, 15) is 19.5 Å². The minimum atomic E-state index is -0.679. The molecule has 0 aromatic rings. The summed E-state index contributed by atoms with van der Waals surface area (Å²) in [6.07, 6.45) is 6.80. The number of nitrogens with zero attached hydrogens (tertiary/aromatic N) is 3. The van der Waals surface area contributed by atoms with Gasteiger partial charge in [0.15, 0.2) is 0 Å². The molecule has 2 amide bonds. The highest BCUT2D eigenvalue weighted by Crippen LogP contribution is 2.71. The van der Waals surface area contributed by atoms with Crippen molar-refractivity contribution in [1.82, 2.24) is 14.7 Å². The molecule has 5 atom stereocenters. The van der Waals surface area contributed by atoms with Gasteiger partial charge >= 0.3 is 5.97 Å². The Kier molecular flexibility index (Phi) is 9.60. The van der Waals surface area contributed by atoms with Gasteiger partial charge in [-0.05, 0) is 39.0 Å². The van der Waals surface area contributed by atoms with Crippen molar-refractivity contribution in [3.05, 3.63) is 25.3 Å². The Morgan fingerprint density at radius 1 is 1.21 bits per heavy atom. The van der Waals surface area contributed by atoms with Crippen LogP contribution < -0.4 is 0 Å². The normalized spacial score (nSPS) is 32.3. The maximum atomic E-state index is 14.3. The molecule has 0 saturated carbocycles. The van der Waals surface area contributed by atoms with E-state index in [0.717, 1.165) is 32.5 Å². The quantitative estimate of drug-likeness (QED) is 0.199. The van der Waals surface area contributed by atoms with Crippen LogP contribution in [-0.4, -0.2) is 119 Å². The first kappa shape index (κ1) is 29.1. The third-order valence-electron chi connectivity index (χ3n) is 8.57. The zero-order valence-corrected chi connectivity index (χ0v) is 23.5. The van der Waals surface area contributed by atoms with E-state index in [1.54, 1.807) is 33.7 Å². The van der Waals surface area contributed by atoms with E-state index in [2.05, 4.69) is 18.1 Å². The number of carbonyl (C=O) groups excluding carboxylic acids is 3. The summed E-state index contributed by atoms with van der Waals surface area (Å²) < 4.78 is 9.99. The van der Waals surface area contributed by atoms with Crippen molar-refractivity contribution in [2.75, 3.05) is 65.7 Å². The highest BCUT2D eigenvalue weighted by atomic mass is 32.2. The highest BCUT2D eigenvalue weighted by Gasteiger charge is 2.77. The number of morpholine rings is 1. The number of aliphatic hydroxyl groups excluding tert-OH is 1. The Morgan fingerprint density at radius 3 is 2.66 bits per heavy atom. The van der Waals surface area contributed by atoms with E-state index >= 15 is 0 Å². The number of carbonyl (C=O) groups is 3. The molecule has 4 aliphatic heterocycles. The standard InChI is InChI=1S/C28H43N3O6S/c1-4-6-7-18-37-26(35)22-21-24(33)31(12-8-17-32)23(28(21)10-9-27(22,3)38-28)25(34)30(11-5-2)14-13-29-15-19-36-20-16-29/h4-5,21-23,32H,1-2,6-20H2,3H3/t21-,22+,23?,27-,28?/m0/s1. The van der Waals surface area contributed by atoms with E-state index in [0.29, 0.717) is 52.2 Å². The SMILES string of the molecule is C=CCCCOC(=O)[C@H]1[C@H]2C(=O)N(CCCO)C(C(=O)N(CC=C)CCN3CCOCC3)C23CC[C@]1(C)S3. The summed E-state index contributed by atoms with van der Waals surface area (Å²) in [5.74, 6) is -1.78. The predicted molar refractivity (Wildman–Crippen MR) is 147 cm³/mol. The smallest absolute Gasteiger partial charge is 0.311 e. The van der Waals surface area contributed by atoms with Gasteiger partial charge in [0, 0.05) is 50.6 Å². The van der Waals surface area contributed by atoms with Crippen LogP contribution in [0.25, 0.3) is 0 Å². The monoisotopic (exact) mass is 549 g/mol. The third kappa shape index (κ3) is 5.42. The molecular weight excluding hydrogens is 506 g/mol. The Morgan fingerprint density at radius 2 is 1.97 bits per heavy atom. The Hall–Kier alpha value is -1.88. The first-order chi connectivity index (χ1) is 18.3. The van der Waals surface area contributed by atoms with Gasteiger partial charge in [-0.1, -0.05) is 12.2 Å². The summed E-state index contributed by atoms with van der Waals surface area (Å²) in [5, 5.41) is 9.57. The largest absolute Gasteiger partial charge is 0.465 e. The number of amides is 2. The van der Waals surface area contributed by atoms with Crippen LogP contribution in [0.2, 0.25) is 0 Å². The molecule has 4 saturated heterocycles. The fraction of sp³-hybridized carbons (Fsp3) is 0.750. The number of hydrogen-bond acceptors (Lipinski definition) is 8. The van der Waals surface area contributed by atoms with Crippen LogP contribution in [0.5, 0.6) is 0 Å². The van der Waals surface area contributed by atoms with Crippen molar-refractivity contribution in [3.63, 3.8) is 0 Å². The number of fused-ring (bicyclic) bond motifs is 1. The lowest BCUT2D eigenvalue weighted by Crippen LogP contribution is -2.56. The van der Waals surface area contributed by atoms with Gasteiger partial charge in [-0.15, -0.1) is 24.9 Å². The van der Waals surface area contributed by atoms with Crippen LogP contribution in [0, 0.1) is 11.8 Å². The first-order valence-corrected chi connectivity index (χ1v) is 14.7. The summed E-state index contributed by atoms with van der Waals surface area (Å²) in [6.45, 7) is 14.8. The number of likely N-dealkylation sites (tertiary alicyclic amines) is 1. The van der Waals surface area contributed by atoms with E-state index < -0.39 is 27.4 Å². The molecule has 4 heterocycles. The molecule has 9 nitrogen and oxygen atoms in total. The van der Waals surface area contributed by atoms with Crippen LogP contribution in [0.3, 0.4) is 0 Å². The predicted octanol–water partition coefficient (Wildman–Crippen LogP) is 1.71. The molecule has 212 valence electrons. The number of esters is 1. The molecule has 0 aromatic carbocycles. The van der Waals surface area contributed by atoms with Crippen molar-refractivity contribution >= 4 is 29.5 Å². The molecule has 2 bridgehead atoms. The zero-order valence-electron chi connectivity index (χ0n) is 22.6. The molecule has 2 unspecified atom stereocenters. The fourth-order valence-corrected chi connectivity index (χ4v) is 9.08. The van der Waals surface area contributed by atoms with E-state index in [1.807, 2.05) is 6.92 Å². The average Bonchev–Trinajstić information content (AvgIpc) is 3.48. The molecule has 4 aliphatic rings. The summed E-state index contributed by atoms with van der Waals surface area (Å²) in [7, 11) is 0. The van der Waals surface area contributed by atoms with Gasteiger partial charge in [0.1, 0.15) is 6.04 Å². The highest BCUT2D eigenvalue weighted by molar-refractivity contribution is 8.02. The summed E-state index contributed by atoms with van der Waals surface area (Å²) in [5.41, 5.74) is 0. The fourth-order valence-electron chi connectivity index (χ4n) is 6.74. The van der Waals surface area contributed by atoms with Crippen LogP contribution in [0.1, 0.15) is 39.0 Å². The van der Waals surface area contributed by atoms with Crippen LogP contribution in [-0.2, 0) is 23.9 Å². The summed E-state index contributed by atoms with van der Waals surface area (Å²) in [6, 6.07) is -0.679. The number of aliphatic hydroxyl groups is 1. The van der Waals surface area contributed by atoms with Gasteiger partial charge in [0.25, 0.3) is 0 Å².